The molecule has 0 aliphatic rings. The maximum atomic E-state index is 6.03. The lowest BCUT2D eigenvalue weighted by Crippen LogP contribution is -2.07. The molecule has 3 heteroatoms. The van der Waals surface area contributed by atoms with Crippen molar-refractivity contribution in [3.8, 4) is 11.6 Å². The van der Waals surface area contributed by atoms with Crippen LogP contribution >= 0.6 is 0 Å². The summed E-state index contributed by atoms with van der Waals surface area (Å²) in [6.07, 6.45) is 0. The quantitative estimate of drug-likeness (QED) is 0.887. The summed E-state index contributed by atoms with van der Waals surface area (Å²) in [5.74, 6) is 1.92. The van der Waals surface area contributed by atoms with E-state index in [9.17, 15) is 0 Å². The highest BCUT2D eigenvalue weighted by atomic mass is 16.5. The van der Waals surface area contributed by atoms with Crippen LogP contribution in [0.15, 0.2) is 30.3 Å². The van der Waals surface area contributed by atoms with Crippen molar-refractivity contribution < 1.29 is 4.74 Å². The molecule has 21 heavy (non-hydrogen) atoms. The molecule has 3 nitrogen and oxygen atoms in total. The zero-order valence-electron chi connectivity index (χ0n) is 13.5. The van der Waals surface area contributed by atoms with Crippen LogP contribution in [0.4, 0.5) is 0 Å². The molecule has 1 aromatic heterocycles. The molecule has 0 atom stereocenters. The molecule has 0 fully saturated rings. The molecule has 1 heterocycles. The van der Waals surface area contributed by atoms with Gasteiger partial charge in [0.1, 0.15) is 5.75 Å². The van der Waals surface area contributed by atoms with Gasteiger partial charge < -0.3 is 10.1 Å². The summed E-state index contributed by atoms with van der Waals surface area (Å²) in [4.78, 5) is 4.63. The predicted octanol–water partition coefficient (Wildman–Crippen LogP) is 4.33. The summed E-state index contributed by atoms with van der Waals surface area (Å²) in [6, 6.07) is 10.2. The third-order valence-electron chi connectivity index (χ3n) is 3.62. The molecule has 0 saturated carbocycles. The highest BCUT2D eigenvalue weighted by molar-refractivity contribution is 5.41. The van der Waals surface area contributed by atoms with Crippen molar-refractivity contribution in [3.05, 3.63) is 52.7 Å². The summed E-state index contributed by atoms with van der Waals surface area (Å²) < 4.78 is 6.03. The van der Waals surface area contributed by atoms with Crippen LogP contribution < -0.4 is 10.1 Å². The van der Waals surface area contributed by atoms with Crippen molar-refractivity contribution in [1.29, 1.82) is 0 Å². The molecule has 0 unspecified atom stereocenters. The Bertz CT molecular complexity index is 621. The Morgan fingerprint density at radius 2 is 1.95 bits per heavy atom. The third kappa shape index (κ3) is 3.82. The monoisotopic (exact) mass is 284 g/mol. The van der Waals surface area contributed by atoms with Gasteiger partial charge in [-0.15, -0.1) is 0 Å². The van der Waals surface area contributed by atoms with Crippen LogP contribution in [-0.4, -0.2) is 12.0 Å². The second-order valence-corrected chi connectivity index (χ2v) is 5.72. The van der Waals surface area contributed by atoms with Gasteiger partial charge in [-0.25, -0.2) is 4.98 Å². The van der Waals surface area contributed by atoms with E-state index in [4.69, 9.17) is 4.74 Å². The van der Waals surface area contributed by atoms with Crippen molar-refractivity contribution in [2.24, 2.45) is 0 Å². The van der Waals surface area contributed by atoms with Gasteiger partial charge in [-0.05, 0) is 55.6 Å². The maximum absolute atomic E-state index is 6.03. The van der Waals surface area contributed by atoms with Crippen molar-refractivity contribution in [2.45, 2.75) is 40.2 Å². The molecule has 0 bridgehead atoms. The fourth-order valence-electron chi connectivity index (χ4n) is 2.18. The minimum absolute atomic E-state index is 0.378. The minimum atomic E-state index is 0.378. The second-order valence-electron chi connectivity index (χ2n) is 5.72. The average molecular weight is 284 g/mol. The maximum Gasteiger partial charge on any atom is 0.219 e. The topological polar surface area (TPSA) is 34.1 Å². The fraction of sp³-hybridized carbons (Fsp3) is 0.389. The van der Waals surface area contributed by atoms with E-state index in [1.165, 1.54) is 11.1 Å². The van der Waals surface area contributed by atoms with Crippen LogP contribution in [0.2, 0.25) is 0 Å². The van der Waals surface area contributed by atoms with Crippen LogP contribution in [0.1, 0.15) is 42.1 Å². The molecule has 0 radical (unpaired) electrons. The molecule has 1 N–H and O–H groups in total. The second kappa shape index (κ2) is 6.72. The molecule has 0 spiro atoms. The zero-order valence-corrected chi connectivity index (χ0v) is 13.5. The van der Waals surface area contributed by atoms with E-state index < -0.39 is 0 Å². The van der Waals surface area contributed by atoms with E-state index in [-0.39, 0.29) is 0 Å². The lowest BCUT2D eigenvalue weighted by Gasteiger charge is -2.13. The van der Waals surface area contributed by atoms with Crippen LogP contribution in [0.3, 0.4) is 0 Å². The zero-order chi connectivity index (χ0) is 15.4. The first-order valence-electron chi connectivity index (χ1n) is 7.40. The summed E-state index contributed by atoms with van der Waals surface area (Å²) in [6.45, 7) is 9.27. The molecule has 0 saturated heterocycles. The molecule has 112 valence electrons. The first kappa shape index (κ1) is 15.5. The molecular formula is C18H24N2O. The number of hydrogen-bond donors (Lipinski definition) is 1. The third-order valence-corrected chi connectivity index (χ3v) is 3.62. The van der Waals surface area contributed by atoms with Crippen molar-refractivity contribution in [3.63, 3.8) is 0 Å². The lowest BCUT2D eigenvalue weighted by atomic mass is 10.1. The molecule has 0 aliphatic carbocycles. The van der Waals surface area contributed by atoms with Gasteiger partial charge in [0.2, 0.25) is 5.88 Å². The number of hydrogen-bond acceptors (Lipinski definition) is 3. The van der Waals surface area contributed by atoms with Crippen LogP contribution in [0.25, 0.3) is 0 Å². The minimum Gasteiger partial charge on any atom is -0.439 e. The highest BCUT2D eigenvalue weighted by Crippen LogP contribution is 2.27. The number of ether oxygens (including phenoxy) is 1. The summed E-state index contributed by atoms with van der Waals surface area (Å²) in [7, 11) is 1.95. The SMILES string of the molecule is CNCc1cc(Oc2cccc(C)c2C)nc(C(C)C)c1. The van der Waals surface area contributed by atoms with Crippen LogP contribution in [0.5, 0.6) is 11.6 Å². The Morgan fingerprint density at radius 3 is 2.62 bits per heavy atom. The molecule has 0 amide bonds. The number of rotatable bonds is 5. The van der Waals surface area contributed by atoms with E-state index in [0.717, 1.165) is 23.6 Å². The fourth-order valence-corrected chi connectivity index (χ4v) is 2.18. The number of nitrogens with one attached hydrogen (secondary N) is 1. The molecule has 2 aromatic rings. The van der Waals surface area contributed by atoms with Gasteiger partial charge >= 0.3 is 0 Å². The van der Waals surface area contributed by atoms with Crippen LogP contribution in [-0.2, 0) is 6.54 Å². The van der Waals surface area contributed by atoms with E-state index in [2.05, 4.69) is 50.1 Å². The van der Waals surface area contributed by atoms with Gasteiger partial charge in [-0.2, -0.15) is 0 Å². The van der Waals surface area contributed by atoms with Crippen molar-refractivity contribution in [1.82, 2.24) is 10.3 Å². The Labute approximate surface area is 127 Å². The van der Waals surface area contributed by atoms with E-state index in [1.807, 2.05) is 25.2 Å². The molecule has 0 aliphatic heterocycles. The normalized spacial score (nSPS) is 11.0. The van der Waals surface area contributed by atoms with Crippen molar-refractivity contribution >= 4 is 0 Å². The Balaban J connectivity index is 2.36. The summed E-state index contributed by atoms with van der Waals surface area (Å²) in [5, 5.41) is 3.18. The van der Waals surface area contributed by atoms with Gasteiger partial charge in [-0.3, -0.25) is 0 Å². The number of aromatic nitrogens is 1. The van der Waals surface area contributed by atoms with Gasteiger partial charge in [0, 0.05) is 18.3 Å². The van der Waals surface area contributed by atoms with Crippen LogP contribution in [0, 0.1) is 13.8 Å². The Morgan fingerprint density at radius 1 is 1.19 bits per heavy atom. The predicted molar refractivity (Wildman–Crippen MR) is 87.1 cm³/mol. The molecule has 1 aromatic carbocycles. The standard InChI is InChI=1S/C18H24N2O/c1-12(2)16-9-15(11-19-5)10-18(20-16)21-17-8-6-7-13(3)14(17)4/h6-10,12,19H,11H2,1-5H3. The number of aryl methyl sites for hydroxylation is 1. The number of nitrogens with zero attached hydrogens (tertiary/aromatic N) is 1. The largest absolute Gasteiger partial charge is 0.439 e. The lowest BCUT2D eigenvalue weighted by molar-refractivity contribution is 0.454. The van der Waals surface area contributed by atoms with Gasteiger partial charge in [-0.1, -0.05) is 26.0 Å². The smallest absolute Gasteiger partial charge is 0.219 e. The average Bonchev–Trinajstić information content (AvgIpc) is 2.44. The van der Waals surface area contributed by atoms with E-state index in [1.54, 1.807) is 0 Å². The first-order chi connectivity index (χ1) is 10.0. The summed E-state index contributed by atoms with van der Waals surface area (Å²) >= 11 is 0. The molecular weight excluding hydrogens is 260 g/mol. The van der Waals surface area contributed by atoms with Gasteiger partial charge in [0.25, 0.3) is 0 Å². The Kier molecular flexibility index (Phi) is 4.97. The van der Waals surface area contributed by atoms with Gasteiger partial charge in [0.05, 0.1) is 0 Å². The van der Waals surface area contributed by atoms with Gasteiger partial charge in [0.15, 0.2) is 0 Å². The summed E-state index contributed by atoms with van der Waals surface area (Å²) in [5.41, 5.74) is 4.63. The Hall–Kier alpha value is -1.87. The number of benzene rings is 1. The molecule has 2 rings (SSSR count). The highest BCUT2D eigenvalue weighted by Gasteiger charge is 2.09. The van der Waals surface area contributed by atoms with Crippen molar-refractivity contribution in [2.75, 3.05) is 7.05 Å². The number of pyridine rings is 1. The van der Waals surface area contributed by atoms with E-state index >= 15 is 0 Å². The first-order valence-corrected chi connectivity index (χ1v) is 7.40. The van der Waals surface area contributed by atoms with E-state index in [0.29, 0.717) is 11.8 Å².